The number of hydrogen-bond acceptors (Lipinski definition) is 5. The number of benzene rings is 3. The van der Waals surface area contributed by atoms with Gasteiger partial charge in [-0.1, -0.05) is 72.8 Å². The minimum atomic E-state index is -0.420. The zero-order valence-corrected chi connectivity index (χ0v) is 18.1. The first-order chi connectivity index (χ1) is 15.1. The first kappa shape index (κ1) is 21.1. The largest absolute Gasteiger partial charge is 0.387 e. The first-order valence-electron chi connectivity index (χ1n) is 10.7. The molecule has 0 aromatic heterocycles. The van der Waals surface area contributed by atoms with Crippen molar-refractivity contribution in [2.45, 2.75) is 31.5 Å². The highest BCUT2D eigenvalue weighted by atomic mass is 16.3. The number of aliphatic hydroxyl groups excluding tert-OH is 1. The van der Waals surface area contributed by atoms with Gasteiger partial charge in [0.25, 0.3) is 0 Å². The van der Waals surface area contributed by atoms with Gasteiger partial charge in [-0.25, -0.2) is 0 Å². The van der Waals surface area contributed by atoms with Crippen molar-refractivity contribution in [2.24, 2.45) is 10.7 Å². The zero-order valence-electron chi connectivity index (χ0n) is 18.1. The van der Waals surface area contributed by atoms with Crippen LogP contribution in [-0.2, 0) is 6.42 Å². The highest BCUT2D eigenvalue weighted by Crippen LogP contribution is 2.39. The minimum Gasteiger partial charge on any atom is -0.387 e. The van der Waals surface area contributed by atoms with Gasteiger partial charge in [0, 0.05) is 11.7 Å². The summed E-state index contributed by atoms with van der Waals surface area (Å²) in [6.45, 7) is 2.70. The third-order valence-corrected chi connectivity index (χ3v) is 6.10. The van der Waals surface area contributed by atoms with Crippen LogP contribution >= 0.6 is 0 Å². The number of anilines is 1. The van der Waals surface area contributed by atoms with Gasteiger partial charge in [-0.3, -0.25) is 4.99 Å². The summed E-state index contributed by atoms with van der Waals surface area (Å²) in [7, 11) is 1.84. The summed E-state index contributed by atoms with van der Waals surface area (Å²) in [6.07, 6.45) is 0.545. The second-order valence-electron chi connectivity index (χ2n) is 8.02. The maximum atomic E-state index is 9.73. The number of likely N-dealkylation sites (N-methyl/N-ethyl adjacent to an activating group) is 1. The zero-order chi connectivity index (χ0) is 21.8. The van der Waals surface area contributed by atoms with E-state index in [0.717, 1.165) is 18.5 Å². The van der Waals surface area contributed by atoms with Crippen molar-refractivity contribution in [3.8, 4) is 0 Å². The number of aliphatic hydroxyl groups is 1. The highest BCUT2D eigenvalue weighted by molar-refractivity contribution is 5.98. The molecule has 0 saturated heterocycles. The van der Waals surface area contributed by atoms with Gasteiger partial charge in [-0.15, -0.1) is 0 Å². The van der Waals surface area contributed by atoms with E-state index in [1.54, 1.807) is 0 Å². The fraction of sp³-hybridized carbons (Fsp3) is 0.269. The number of rotatable bonds is 3. The van der Waals surface area contributed by atoms with Crippen molar-refractivity contribution in [3.63, 3.8) is 0 Å². The smallest absolute Gasteiger partial charge is 0.196 e. The van der Waals surface area contributed by atoms with Crippen LogP contribution in [0.4, 0.5) is 5.69 Å². The Morgan fingerprint density at radius 2 is 1.61 bits per heavy atom. The molecule has 1 unspecified atom stereocenters. The number of nitrogens with two attached hydrogens (primary N) is 1. The molecule has 3 atom stereocenters. The van der Waals surface area contributed by atoms with Crippen LogP contribution < -0.4 is 16.0 Å². The molecule has 160 valence electrons. The van der Waals surface area contributed by atoms with Gasteiger partial charge in [0.05, 0.1) is 18.7 Å². The van der Waals surface area contributed by atoms with Crippen LogP contribution in [-0.4, -0.2) is 30.7 Å². The Morgan fingerprint density at radius 3 is 2.35 bits per heavy atom. The molecule has 0 spiro atoms. The summed E-state index contributed by atoms with van der Waals surface area (Å²) < 4.78 is 0. The van der Waals surface area contributed by atoms with Gasteiger partial charge in [-0.2, -0.15) is 0 Å². The molecule has 31 heavy (non-hydrogen) atoms. The Morgan fingerprint density at radius 1 is 0.968 bits per heavy atom. The first-order valence-corrected chi connectivity index (χ1v) is 10.7. The van der Waals surface area contributed by atoms with Crippen molar-refractivity contribution in [1.82, 2.24) is 5.32 Å². The molecule has 2 heterocycles. The molecule has 5 nitrogen and oxygen atoms in total. The van der Waals surface area contributed by atoms with Crippen molar-refractivity contribution >= 4 is 11.6 Å². The average molecular weight is 415 g/mol. The Balaban J connectivity index is 0.000000168. The summed E-state index contributed by atoms with van der Waals surface area (Å²) in [5, 5.41) is 12.7. The SMILES string of the molecule is CN[C@@H](C)[C@@H](O)c1ccccc1.NC1=NCC2c3ccccc3Cc3ccccc3N12. The molecule has 2 aliphatic rings. The summed E-state index contributed by atoms with van der Waals surface area (Å²) in [4.78, 5) is 6.62. The van der Waals surface area contributed by atoms with E-state index in [1.165, 1.54) is 22.4 Å². The van der Waals surface area contributed by atoms with E-state index < -0.39 is 6.10 Å². The standard InChI is InChI=1S/C16H15N3.C10H15NO/c17-16-18-10-15-13-7-3-1-5-11(13)9-12-6-2-4-8-14(12)19(15)16;1-8(11-2)10(12)9-6-4-3-5-7-9/h1-8,15H,9-10H2,(H2,17,18);3-8,10-12H,1-2H3/t;8-,10+/m.0/s1. The molecular formula is C26H30N4O. The van der Waals surface area contributed by atoms with Crippen molar-refractivity contribution in [2.75, 3.05) is 18.5 Å². The Bertz CT molecular complexity index is 1050. The van der Waals surface area contributed by atoms with Crippen LogP contribution in [0.5, 0.6) is 0 Å². The predicted octanol–water partition coefficient (Wildman–Crippen LogP) is 3.79. The number of nitrogens with zero attached hydrogens (tertiary/aromatic N) is 2. The van der Waals surface area contributed by atoms with Gasteiger partial charge in [-0.05, 0) is 48.7 Å². The molecular weight excluding hydrogens is 384 g/mol. The maximum Gasteiger partial charge on any atom is 0.196 e. The lowest BCUT2D eigenvalue weighted by Gasteiger charge is -2.26. The molecule has 4 N–H and O–H groups in total. The molecule has 0 radical (unpaired) electrons. The normalized spacial score (nSPS) is 18.4. The maximum absolute atomic E-state index is 9.73. The van der Waals surface area contributed by atoms with E-state index in [2.05, 4.69) is 63.7 Å². The monoisotopic (exact) mass is 414 g/mol. The van der Waals surface area contributed by atoms with E-state index in [9.17, 15) is 5.11 Å². The Labute approximate surface area is 184 Å². The topological polar surface area (TPSA) is 73.9 Å². The predicted molar refractivity (Wildman–Crippen MR) is 127 cm³/mol. The second kappa shape index (κ2) is 9.33. The molecule has 0 amide bonds. The van der Waals surface area contributed by atoms with Crippen LogP contribution in [0.3, 0.4) is 0 Å². The fourth-order valence-corrected chi connectivity index (χ4v) is 4.24. The third kappa shape index (κ3) is 4.33. The van der Waals surface area contributed by atoms with Gasteiger partial charge >= 0.3 is 0 Å². The van der Waals surface area contributed by atoms with Crippen LogP contribution in [0, 0.1) is 0 Å². The summed E-state index contributed by atoms with van der Waals surface area (Å²) in [6, 6.07) is 27.1. The average Bonchev–Trinajstić information content (AvgIpc) is 3.13. The third-order valence-electron chi connectivity index (χ3n) is 6.10. The molecule has 0 saturated carbocycles. The summed E-state index contributed by atoms with van der Waals surface area (Å²) >= 11 is 0. The van der Waals surface area contributed by atoms with Crippen molar-refractivity contribution in [1.29, 1.82) is 0 Å². The fourth-order valence-electron chi connectivity index (χ4n) is 4.24. The number of hydrogen-bond donors (Lipinski definition) is 3. The van der Waals surface area contributed by atoms with Crippen molar-refractivity contribution < 1.29 is 5.11 Å². The Hall–Kier alpha value is -3.15. The number of nitrogens with one attached hydrogen (secondary N) is 1. The van der Waals surface area contributed by atoms with Crippen molar-refractivity contribution in [3.05, 3.63) is 101 Å². The van der Waals surface area contributed by atoms with E-state index in [4.69, 9.17) is 5.73 Å². The van der Waals surface area contributed by atoms with E-state index in [-0.39, 0.29) is 12.1 Å². The molecule has 0 bridgehead atoms. The Kier molecular flexibility index (Phi) is 6.35. The second-order valence-corrected chi connectivity index (χ2v) is 8.02. The van der Waals surface area contributed by atoms with Gasteiger partial charge in [0.1, 0.15) is 0 Å². The van der Waals surface area contributed by atoms with E-state index in [0.29, 0.717) is 5.96 Å². The van der Waals surface area contributed by atoms with Crippen LogP contribution in [0.15, 0.2) is 83.9 Å². The number of para-hydroxylation sites is 1. The molecule has 2 aliphatic heterocycles. The molecule has 5 heteroatoms. The number of fused-ring (bicyclic) bond motifs is 5. The molecule has 3 aromatic carbocycles. The van der Waals surface area contributed by atoms with Gasteiger partial charge in [0.2, 0.25) is 0 Å². The molecule has 5 rings (SSSR count). The number of guanidine groups is 1. The summed E-state index contributed by atoms with van der Waals surface area (Å²) in [5.74, 6) is 0.633. The van der Waals surface area contributed by atoms with E-state index >= 15 is 0 Å². The number of aliphatic imine (C=N–C) groups is 1. The van der Waals surface area contributed by atoms with Crippen LogP contribution in [0.1, 0.15) is 41.3 Å². The van der Waals surface area contributed by atoms with Crippen LogP contribution in [0.2, 0.25) is 0 Å². The lowest BCUT2D eigenvalue weighted by atomic mass is 9.97. The lowest BCUT2D eigenvalue weighted by Crippen LogP contribution is -2.36. The van der Waals surface area contributed by atoms with E-state index in [1.807, 2.05) is 44.3 Å². The minimum absolute atomic E-state index is 0.0902. The highest BCUT2D eigenvalue weighted by Gasteiger charge is 2.33. The summed E-state index contributed by atoms with van der Waals surface area (Å²) in [5.41, 5.74) is 12.3. The molecule has 3 aromatic rings. The molecule has 0 fully saturated rings. The van der Waals surface area contributed by atoms with Gasteiger partial charge < -0.3 is 21.1 Å². The van der Waals surface area contributed by atoms with Gasteiger partial charge in [0.15, 0.2) is 5.96 Å². The lowest BCUT2D eigenvalue weighted by molar-refractivity contribution is 0.140. The van der Waals surface area contributed by atoms with Crippen LogP contribution in [0.25, 0.3) is 0 Å². The quantitative estimate of drug-likeness (QED) is 0.610. The molecule has 0 aliphatic carbocycles.